The Hall–Kier alpha value is -2.92. The summed E-state index contributed by atoms with van der Waals surface area (Å²) >= 11 is 1.58. The number of rotatable bonds is 7. The molecule has 0 saturated heterocycles. The van der Waals surface area contributed by atoms with Crippen LogP contribution in [0.25, 0.3) is 10.6 Å². The summed E-state index contributed by atoms with van der Waals surface area (Å²) in [5, 5.41) is 5.83. The van der Waals surface area contributed by atoms with Gasteiger partial charge in [0.15, 0.2) is 0 Å². The maximum Gasteiger partial charge on any atom is 0.251 e. The van der Waals surface area contributed by atoms with Gasteiger partial charge in [-0.2, -0.15) is 0 Å². The van der Waals surface area contributed by atoms with Crippen LogP contribution in [0.3, 0.4) is 0 Å². The fourth-order valence-electron chi connectivity index (χ4n) is 2.35. The lowest BCUT2D eigenvalue weighted by Crippen LogP contribution is -2.22. The molecule has 0 spiro atoms. The van der Waals surface area contributed by atoms with Gasteiger partial charge in [0, 0.05) is 16.5 Å². The van der Waals surface area contributed by atoms with E-state index in [9.17, 15) is 4.79 Å². The number of amides is 1. The summed E-state index contributed by atoms with van der Waals surface area (Å²) in [6.07, 6.45) is 1.68. The third-order valence-electron chi connectivity index (χ3n) is 3.76. The molecular weight excluding hydrogens is 344 g/mol. The highest BCUT2D eigenvalue weighted by molar-refractivity contribution is 7.13. The second-order valence-electron chi connectivity index (χ2n) is 5.82. The molecule has 5 heteroatoms. The van der Waals surface area contributed by atoms with E-state index in [-0.39, 0.29) is 5.91 Å². The van der Waals surface area contributed by atoms with Crippen molar-refractivity contribution >= 4 is 17.2 Å². The maximum atomic E-state index is 12.3. The first-order valence-electron chi connectivity index (χ1n) is 8.29. The number of thiazole rings is 1. The van der Waals surface area contributed by atoms with Crippen molar-refractivity contribution in [3.05, 3.63) is 83.4 Å². The van der Waals surface area contributed by atoms with Crippen molar-refractivity contribution in [1.29, 1.82) is 0 Å². The van der Waals surface area contributed by atoms with Gasteiger partial charge in [-0.25, -0.2) is 4.98 Å². The van der Waals surface area contributed by atoms with Gasteiger partial charge in [-0.15, -0.1) is 11.3 Å². The Bertz CT molecular complexity index is 883. The third-order valence-corrected chi connectivity index (χ3v) is 4.70. The average molecular weight is 364 g/mol. The maximum absolute atomic E-state index is 12.3. The molecule has 0 aliphatic heterocycles. The van der Waals surface area contributed by atoms with Crippen LogP contribution in [0.5, 0.6) is 5.75 Å². The number of hydrogen-bond donors (Lipinski definition) is 1. The largest absolute Gasteiger partial charge is 0.490 e. The number of benzene rings is 2. The lowest BCUT2D eigenvalue weighted by molar-refractivity contribution is 0.0950. The molecule has 1 N–H and O–H groups in total. The Balaban J connectivity index is 1.57. The van der Waals surface area contributed by atoms with Crippen LogP contribution in [-0.2, 0) is 6.54 Å². The molecule has 1 heterocycles. The molecule has 0 bridgehead atoms. The molecule has 0 aliphatic rings. The van der Waals surface area contributed by atoms with Crippen molar-refractivity contribution in [3.8, 4) is 16.3 Å². The van der Waals surface area contributed by atoms with Crippen molar-refractivity contribution in [2.45, 2.75) is 13.5 Å². The molecule has 132 valence electrons. The summed E-state index contributed by atoms with van der Waals surface area (Å²) in [6.45, 7) is 6.51. The van der Waals surface area contributed by atoms with E-state index in [1.165, 1.54) is 5.56 Å². The SMILES string of the molecule is C=CCOc1ccc(C(=O)NCc2csc(-c3ccc(C)cc3)n2)cc1. The topological polar surface area (TPSA) is 51.2 Å². The summed E-state index contributed by atoms with van der Waals surface area (Å²) in [5.41, 5.74) is 3.75. The van der Waals surface area contributed by atoms with Crippen LogP contribution >= 0.6 is 11.3 Å². The summed E-state index contributed by atoms with van der Waals surface area (Å²) in [7, 11) is 0. The number of nitrogens with one attached hydrogen (secondary N) is 1. The number of carbonyl (C=O) groups excluding carboxylic acids is 1. The normalized spacial score (nSPS) is 10.3. The van der Waals surface area contributed by atoms with E-state index in [0.29, 0.717) is 24.5 Å². The van der Waals surface area contributed by atoms with Gasteiger partial charge >= 0.3 is 0 Å². The number of nitrogens with zero attached hydrogens (tertiary/aromatic N) is 1. The van der Waals surface area contributed by atoms with Crippen LogP contribution in [0.2, 0.25) is 0 Å². The lowest BCUT2D eigenvalue weighted by atomic mass is 10.2. The minimum absolute atomic E-state index is 0.134. The molecule has 0 fully saturated rings. The van der Waals surface area contributed by atoms with Crippen LogP contribution < -0.4 is 10.1 Å². The predicted molar refractivity (Wildman–Crippen MR) is 106 cm³/mol. The Morgan fingerprint density at radius 3 is 2.62 bits per heavy atom. The van der Waals surface area contributed by atoms with Gasteiger partial charge < -0.3 is 10.1 Å². The highest BCUT2D eigenvalue weighted by Crippen LogP contribution is 2.24. The average Bonchev–Trinajstić information content (AvgIpc) is 3.14. The fourth-order valence-corrected chi connectivity index (χ4v) is 3.17. The molecule has 3 aromatic rings. The minimum atomic E-state index is -0.134. The van der Waals surface area contributed by atoms with Crippen molar-refractivity contribution in [2.24, 2.45) is 0 Å². The number of hydrogen-bond acceptors (Lipinski definition) is 4. The molecule has 0 aliphatic carbocycles. The molecule has 4 nitrogen and oxygen atoms in total. The van der Waals surface area contributed by atoms with Crippen LogP contribution in [0.4, 0.5) is 0 Å². The van der Waals surface area contributed by atoms with E-state index < -0.39 is 0 Å². The van der Waals surface area contributed by atoms with Crippen LogP contribution in [0, 0.1) is 6.92 Å². The van der Waals surface area contributed by atoms with Crippen LogP contribution in [-0.4, -0.2) is 17.5 Å². The lowest BCUT2D eigenvalue weighted by Gasteiger charge is -2.06. The second kappa shape index (κ2) is 8.45. The van der Waals surface area contributed by atoms with Crippen molar-refractivity contribution in [1.82, 2.24) is 10.3 Å². The summed E-state index contributed by atoms with van der Waals surface area (Å²) in [6, 6.07) is 15.3. The van der Waals surface area contributed by atoms with E-state index in [0.717, 1.165) is 16.3 Å². The molecule has 0 saturated carbocycles. The van der Waals surface area contributed by atoms with Crippen LogP contribution in [0.1, 0.15) is 21.6 Å². The highest BCUT2D eigenvalue weighted by atomic mass is 32.1. The monoisotopic (exact) mass is 364 g/mol. The first-order chi connectivity index (χ1) is 12.7. The van der Waals surface area contributed by atoms with Gasteiger partial charge in [-0.1, -0.05) is 42.5 Å². The van der Waals surface area contributed by atoms with E-state index in [1.54, 1.807) is 41.7 Å². The molecule has 2 aromatic carbocycles. The second-order valence-corrected chi connectivity index (χ2v) is 6.67. The highest BCUT2D eigenvalue weighted by Gasteiger charge is 2.08. The Kier molecular flexibility index (Phi) is 5.81. The molecule has 1 aromatic heterocycles. The molecule has 0 atom stereocenters. The minimum Gasteiger partial charge on any atom is -0.490 e. The quantitative estimate of drug-likeness (QED) is 0.623. The van der Waals surface area contributed by atoms with Crippen LogP contribution in [0.15, 0.2) is 66.6 Å². The number of aromatic nitrogens is 1. The standard InChI is InChI=1S/C21H20N2O2S/c1-3-12-25-19-10-8-16(9-11-19)20(24)22-13-18-14-26-21(23-18)17-6-4-15(2)5-7-17/h3-11,14H,1,12-13H2,2H3,(H,22,24). The van der Waals surface area contributed by atoms with Gasteiger partial charge in [0.2, 0.25) is 0 Å². The fraction of sp³-hybridized carbons (Fsp3) is 0.143. The number of ether oxygens (including phenoxy) is 1. The zero-order valence-electron chi connectivity index (χ0n) is 14.6. The third kappa shape index (κ3) is 4.58. The molecule has 0 unspecified atom stereocenters. The van der Waals surface area contributed by atoms with Gasteiger partial charge in [0.1, 0.15) is 17.4 Å². The smallest absolute Gasteiger partial charge is 0.251 e. The first-order valence-corrected chi connectivity index (χ1v) is 9.17. The number of carbonyl (C=O) groups is 1. The Morgan fingerprint density at radius 2 is 1.92 bits per heavy atom. The van der Waals surface area contributed by atoms with Gasteiger partial charge in [0.05, 0.1) is 12.2 Å². The van der Waals surface area contributed by atoms with E-state index in [4.69, 9.17) is 4.74 Å². The van der Waals surface area contributed by atoms with Gasteiger partial charge in [-0.3, -0.25) is 4.79 Å². The molecular formula is C21H20N2O2S. The molecule has 1 amide bonds. The van der Waals surface area contributed by atoms with E-state index in [2.05, 4.69) is 48.1 Å². The Labute approximate surface area is 157 Å². The molecule has 0 radical (unpaired) electrons. The number of aryl methyl sites for hydroxylation is 1. The zero-order valence-corrected chi connectivity index (χ0v) is 15.4. The Morgan fingerprint density at radius 1 is 1.19 bits per heavy atom. The summed E-state index contributed by atoms with van der Waals surface area (Å²) in [5.74, 6) is 0.578. The summed E-state index contributed by atoms with van der Waals surface area (Å²) < 4.78 is 5.41. The van der Waals surface area contributed by atoms with Crippen molar-refractivity contribution in [3.63, 3.8) is 0 Å². The first kappa shape index (κ1) is 17.9. The van der Waals surface area contributed by atoms with E-state index in [1.807, 2.05) is 5.38 Å². The van der Waals surface area contributed by atoms with Gasteiger partial charge in [-0.05, 0) is 31.2 Å². The van der Waals surface area contributed by atoms with Crippen molar-refractivity contribution < 1.29 is 9.53 Å². The molecule has 26 heavy (non-hydrogen) atoms. The zero-order chi connectivity index (χ0) is 18.4. The van der Waals surface area contributed by atoms with E-state index >= 15 is 0 Å². The molecule has 3 rings (SSSR count). The predicted octanol–water partition coefficient (Wildman–Crippen LogP) is 4.61. The summed E-state index contributed by atoms with van der Waals surface area (Å²) in [4.78, 5) is 16.9. The van der Waals surface area contributed by atoms with Crippen molar-refractivity contribution in [2.75, 3.05) is 6.61 Å². The van der Waals surface area contributed by atoms with Gasteiger partial charge in [0.25, 0.3) is 5.91 Å².